The minimum Gasteiger partial charge on any atom is -0.558 e. The van der Waals surface area contributed by atoms with Crippen molar-refractivity contribution in [3.63, 3.8) is 0 Å². The Morgan fingerprint density at radius 3 is 2.70 bits per heavy atom. The smallest absolute Gasteiger partial charge is 0.430 e. The molecule has 0 atom stereocenters. The predicted molar refractivity (Wildman–Crippen MR) is 77.3 cm³/mol. The normalized spacial score (nSPS) is 12.3. The molecule has 0 fully saturated rings. The number of aromatic nitrogens is 3. The van der Waals surface area contributed by atoms with Crippen LogP contribution in [0.5, 0.6) is 0 Å². The number of carbonyl (C=O) groups is 1. The summed E-state index contributed by atoms with van der Waals surface area (Å²) >= 11 is 0. The average molecular weight is 343 g/mol. The van der Waals surface area contributed by atoms with Crippen molar-refractivity contribution in [2.45, 2.75) is 6.44 Å². The largest absolute Gasteiger partial charge is 0.558 e. The fourth-order valence-electron chi connectivity index (χ4n) is 1.85. The monoisotopic (exact) mass is 343 g/mol. The van der Waals surface area contributed by atoms with Crippen molar-refractivity contribution in [1.82, 2.24) is 15.0 Å². The van der Waals surface area contributed by atoms with Gasteiger partial charge < -0.3 is 30.0 Å². The van der Waals surface area contributed by atoms with Gasteiger partial charge in [0.25, 0.3) is 0 Å². The lowest BCUT2D eigenvalue weighted by Gasteiger charge is -2.28. The molecule has 6 N–H and O–H groups in total. The Balaban J connectivity index is 2.19. The van der Waals surface area contributed by atoms with Gasteiger partial charge in [-0.25, -0.2) is 4.57 Å². The number of hydrogen-bond acceptors (Lipinski definition) is 7. The average Bonchev–Trinajstić information content (AvgIpc) is 2.83. The van der Waals surface area contributed by atoms with Crippen molar-refractivity contribution in [1.29, 1.82) is 0 Å². The Morgan fingerprint density at radius 1 is 1.39 bits per heavy atom. The van der Waals surface area contributed by atoms with Crippen molar-refractivity contribution in [3.8, 4) is 11.3 Å². The standard InChI is InChI=1S/C10H13BN4O7P/c12-10(16)8-3-1-2-7(4-8)9-5-15(14-13-9)6-11(17,18)22-23(19,20)21/h1-5,17-18H,6H2,(H2,12,16)(H2,19,20,21)/q-1. The van der Waals surface area contributed by atoms with Crippen LogP contribution in [0.2, 0.25) is 0 Å². The van der Waals surface area contributed by atoms with E-state index in [4.69, 9.17) is 15.5 Å². The van der Waals surface area contributed by atoms with Crippen LogP contribution in [0.4, 0.5) is 0 Å². The summed E-state index contributed by atoms with van der Waals surface area (Å²) in [4.78, 5) is 28.3. The molecule has 124 valence electrons. The Kier molecular flexibility index (Phi) is 4.66. The molecule has 0 aliphatic rings. The van der Waals surface area contributed by atoms with E-state index in [1.807, 2.05) is 0 Å². The molecule has 0 radical (unpaired) electrons. The Hall–Kier alpha value is -2.08. The van der Waals surface area contributed by atoms with Gasteiger partial charge in [-0.1, -0.05) is 17.3 Å². The number of hydrogen-bond donors (Lipinski definition) is 5. The summed E-state index contributed by atoms with van der Waals surface area (Å²) in [6.07, 6.45) is 0.541. The molecule has 1 aromatic carbocycles. The molecule has 11 nitrogen and oxygen atoms in total. The van der Waals surface area contributed by atoms with E-state index < -0.39 is 26.9 Å². The topological polar surface area (TPSA) is 181 Å². The Labute approximate surface area is 129 Å². The van der Waals surface area contributed by atoms with Crippen molar-refractivity contribution < 1.29 is 33.6 Å². The molecule has 0 saturated heterocycles. The number of nitrogens with two attached hydrogens (primary N) is 1. The van der Waals surface area contributed by atoms with Gasteiger partial charge in [0.1, 0.15) is 5.69 Å². The molecular formula is C10H13BN4O7P-. The van der Waals surface area contributed by atoms with Crippen molar-refractivity contribution in [2.75, 3.05) is 0 Å². The quantitative estimate of drug-likeness (QED) is 0.312. The van der Waals surface area contributed by atoms with Crippen LogP contribution >= 0.6 is 7.82 Å². The lowest BCUT2D eigenvalue weighted by Crippen LogP contribution is -2.43. The van der Waals surface area contributed by atoms with Gasteiger partial charge in [-0.15, -0.1) is 5.10 Å². The zero-order valence-corrected chi connectivity index (χ0v) is 12.4. The number of rotatable bonds is 6. The van der Waals surface area contributed by atoms with Gasteiger partial charge >= 0.3 is 14.6 Å². The van der Waals surface area contributed by atoms with E-state index in [9.17, 15) is 19.4 Å². The molecule has 2 aromatic rings. The first-order chi connectivity index (χ1) is 10.6. The molecule has 0 bridgehead atoms. The number of benzene rings is 1. The number of carbonyl (C=O) groups excluding carboxylic acids is 1. The van der Waals surface area contributed by atoms with E-state index >= 15 is 0 Å². The molecular weight excluding hydrogens is 330 g/mol. The lowest BCUT2D eigenvalue weighted by molar-refractivity contribution is 0.1000. The summed E-state index contributed by atoms with van der Waals surface area (Å²) in [6, 6.07) is 6.19. The summed E-state index contributed by atoms with van der Waals surface area (Å²) in [7, 11) is -5.08. The maximum absolute atomic E-state index is 11.1. The third-order valence-electron chi connectivity index (χ3n) is 2.71. The molecule has 2 rings (SSSR count). The fraction of sp³-hybridized carbons (Fsp3) is 0.100. The van der Waals surface area contributed by atoms with Gasteiger partial charge in [0, 0.05) is 23.8 Å². The fourth-order valence-corrected chi connectivity index (χ4v) is 2.36. The molecule has 13 heteroatoms. The minimum absolute atomic E-state index is 0.254. The molecule has 0 aliphatic carbocycles. The van der Waals surface area contributed by atoms with Crippen LogP contribution < -0.4 is 5.73 Å². The van der Waals surface area contributed by atoms with Crippen LogP contribution in [0.3, 0.4) is 0 Å². The van der Waals surface area contributed by atoms with E-state index in [0.29, 0.717) is 5.56 Å². The zero-order chi connectivity index (χ0) is 17.3. The molecule has 1 amide bonds. The number of phosphoric acid groups is 1. The maximum Gasteiger partial charge on any atom is 0.430 e. The molecule has 0 saturated carbocycles. The Bertz CT molecular complexity index is 774. The third kappa shape index (κ3) is 4.96. The van der Waals surface area contributed by atoms with Gasteiger partial charge in [0.05, 0.1) is 0 Å². The zero-order valence-electron chi connectivity index (χ0n) is 11.6. The van der Waals surface area contributed by atoms with E-state index in [1.165, 1.54) is 18.3 Å². The van der Waals surface area contributed by atoms with Gasteiger partial charge in [-0.05, 0) is 12.1 Å². The number of primary amides is 1. The lowest BCUT2D eigenvalue weighted by atomic mass is 9.81. The van der Waals surface area contributed by atoms with Crippen LogP contribution in [-0.4, -0.2) is 47.5 Å². The van der Waals surface area contributed by atoms with Crippen LogP contribution in [0.1, 0.15) is 10.4 Å². The van der Waals surface area contributed by atoms with Crippen LogP contribution in [0.15, 0.2) is 30.5 Å². The summed E-state index contributed by atoms with van der Waals surface area (Å²) < 4.78 is 15.5. The highest BCUT2D eigenvalue weighted by Gasteiger charge is 2.30. The van der Waals surface area contributed by atoms with E-state index in [1.54, 1.807) is 12.1 Å². The van der Waals surface area contributed by atoms with Gasteiger partial charge in [-0.3, -0.25) is 9.48 Å². The van der Waals surface area contributed by atoms with Crippen LogP contribution in [-0.2, 0) is 15.5 Å². The van der Waals surface area contributed by atoms with E-state index in [2.05, 4.69) is 14.8 Å². The van der Waals surface area contributed by atoms with Crippen molar-refractivity contribution in [2.24, 2.45) is 5.73 Å². The summed E-state index contributed by atoms with van der Waals surface area (Å²) in [5, 5.41) is 26.3. The molecule has 1 aromatic heterocycles. The minimum atomic E-state index is -5.08. The van der Waals surface area contributed by atoms with Gasteiger partial charge in [-0.2, -0.15) is 0 Å². The second kappa shape index (κ2) is 6.20. The molecule has 0 spiro atoms. The SMILES string of the molecule is NC(=O)c1cccc(-c2cn(C[B-](O)(O)OP(=O)(O)O)nn2)c1. The molecule has 0 unspecified atom stereocenters. The van der Waals surface area contributed by atoms with Gasteiger partial charge in [0.2, 0.25) is 5.91 Å². The summed E-state index contributed by atoms with van der Waals surface area (Å²) in [5.41, 5.74) is 6.21. The van der Waals surface area contributed by atoms with Crippen LogP contribution in [0.25, 0.3) is 11.3 Å². The van der Waals surface area contributed by atoms with E-state index in [0.717, 1.165) is 4.68 Å². The molecule has 1 heterocycles. The third-order valence-corrected chi connectivity index (χ3v) is 3.32. The van der Waals surface area contributed by atoms with Crippen molar-refractivity contribution >= 4 is 20.5 Å². The number of amides is 1. The summed E-state index contributed by atoms with van der Waals surface area (Å²) in [5.74, 6) is -0.623. The second-order valence-corrected chi connectivity index (χ2v) is 5.92. The Morgan fingerprint density at radius 2 is 2.09 bits per heavy atom. The highest BCUT2D eigenvalue weighted by atomic mass is 31.2. The van der Waals surface area contributed by atoms with Crippen molar-refractivity contribution in [3.05, 3.63) is 36.0 Å². The predicted octanol–water partition coefficient (Wildman–Crippen LogP) is -1.38. The summed E-state index contributed by atoms with van der Waals surface area (Å²) in [6.45, 7) is -3.83. The highest BCUT2D eigenvalue weighted by Crippen LogP contribution is 2.38. The second-order valence-electron chi connectivity index (χ2n) is 4.72. The molecule has 23 heavy (non-hydrogen) atoms. The molecule has 0 aliphatic heterocycles. The van der Waals surface area contributed by atoms with E-state index in [-0.39, 0.29) is 11.3 Å². The van der Waals surface area contributed by atoms with Gasteiger partial charge in [0.15, 0.2) is 0 Å². The first-order valence-corrected chi connectivity index (χ1v) is 7.76. The maximum atomic E-state index is 11.1. The van der Waals surface area contributed by atoms with Crippen LogP contribution in [0, 0.1) is 0 Å². The number of nitrogens with zero attached hydrogens (tertiary/aromatic N) is 3. The first kappa shape index (κ1) is 17.3. The first-order valence-electron chi connectivity index (χ1n) is 6.23. The highest BCUT2D eigenvalue weighted by molar-refractivity contribution is 7.48.